The molecule has 1 heterocycles. The minimum absolute atomic E-state index is 0.352. The van der Waals surface area contributed by atoms with Crippen molar-refractivity contribution >= 4 is 16.9 Å². The first-order valence-electron chi connectivity index (χ1n) is 5.11. The molecule has 0 aliphatic carbocycles. The molecule has 0 saturated heterocycles. The Morgan fingerprint density at radius 2 is 2.25 bits per heavy atom. The lowest BCUT2D eigenvalue weighted by Crippen LogP contribution is -2.32. The van der Waals surface area contributed by atoms with Gasteiger partial charge in [0.25, 0.3) is 0 Å². The molecule has 2 rings (SSSR count). The molecule has 1 aromatic carbocycles. The monoisotopic (exact) mass is 218 g/mol. The predicted molar refractivity (Wildman–Crippen MR) is 62.2 cm³/mol. The Balaban J connectivity index is 2.44. The standard InChI is InChI=1S/C12H14N2O2/c1-14-6-5-8-3-2-4-9(11(8)14)7-10(13)12(15)16/h2-6,10H,7,13H2,1H3,(H,15,16)/t10-/m0/s1. The summed E-state index contributed by atoms with van der Waals surface area (Å²) in [5.41, 5.74) is 7.58. The van der Waals surface area contributed by atoms with Gasteiger partial charge in [-0.1, -0.05) is 18.2 Å². The van der Waals surface area contributed by atoms with Crippen LogP contribution in [0.2, 0.25) is 0 Å². The Bertz CT molecular complexity index is 531. The number of benzene rings is 1. The van der Waals surface area contributed by atoms with E-state index < -0.39 is 12.0 Å². The fraction of sp³-hybridized carbons (Fsp3) is 0.250. The van der Waals surface area contributed by atoms with Crippen LogP contribution >= 0.6 is 0 Å². The second-order valence-electron chi connectivity index (χ2n) is 3.93. The summed E-state index contributed by atoms with van der Waals surface area (Å²) in [5, 5.41) is 9.91. The Morgan fingerprint density at radius 3 is 2.94 bits per heavy atom. The van der Waals surface area contributed by atoms with Crippen molar-refractivity contribution in [3.63, 3.8) is 0 Å². The number of carboxylic acid groups (broad SMARTS) is 1. The van der Waals surface area contributed by atoms with Gasteiger partial charge in [0.2, 0.25) is 0 Å². The van der Waals surface area contributed by atoms with Crippen LogP contribution in [0, 0.1) is 0 Å². The van der Waals surface area contributed by atoms with Crippen LogP contribution in [-0.2, 0) is 18.3 Å². The van der Waals surface area contributed by atoms with E-state index >= 15 is 0 Å². The van der Waals surface area contributed by atoms with E-state index in [2.05, 4.69) is 0 Å². The van der Waals surface area contributed by atoms with Gasteiger partial charge in [0, 0.05) is 19.7 Å². The molecule has 2 aromatic rings. The fourth-order valence-electron chi connectivity index (χ4n) is 1.93. The van der Waals surface area contributed by atoms with Crippen molar-refractivity contribution in [3.8, 4) is 0 Å². The minimum Gasteiger partial charge on any atom is -0.480 e. The SMILES string of the molecule is Cn1ccc2cccc(C[C@H](N)C(=O)O)c21. The maximum Gasteiger partial charge on any atom is 0.320 e. The highest BCUT2D eigenvalue weighted by Gasteiger charge is 2.14. The molecular formula is C12H14N2O2. The number of rotatable bonds is 3. The molecule has 0 amide bonds. The van der Waals surface area contributed by atoms with E-state index in [0.717, 1.165) is 16.5 Å². The first kappa shape index (κ1) is 10.7. The lowest BCUT2D eigenvalue weighted by atomic mass is 10.0. The van der Waals surface area contributed by atoms with Crippen LogP contribution in [0.4, 0.5) is 0 Å². The van der Waals surface area contributed by atoms with Crippen molar-refractivity contribution in [1.82, 2.24) is 4.57 Å². The number of fused-ring (bicyclic) bond motifs is 1. The second-order valence-corrected chi connectivity index (χ2v) is 3.93. The normalized spacial score (nSPS) is 12.9. The number of aryl methyl sites for hydroxylation is 1. The van der Waals surface area contributed by atoms with Crippen molar-refractivity contribution in [2.24, 2.45) is 12.8 Å². The lowest BCUT2D eigenvalue weighted by molar-refractivity contribution is -0.138. The number of hydrogen-bond donors (Lipinski definition) is 2. The van der Waals surface area contributed by atoms with E-state index in [-0.39, 0.29) is 0 Å². The van der Waals surface area contributed by atoms with E-state index in [0.29, 0.717) is 6.42 Å². The molecule has 0 aliphatic heterocycles. The Kier molecular flexibility index (Phi) is 2.66. The number of carbonyl (C=O) groups is 1. The van der Waals surface area contributed by atoms with Crippen molar-refractivity contribution in [2.45, 2.75) is 12.5 Å². The summed E-state index contributed by atoms with van der Waals surface area (Å²) < 4.78 is 1.99. The average molecular weight is 218 g/mol. The number of carboxylic acids is 1. The number of hydrogen-bond acceptors (Lipinski definition) is 2. The topological polar surface area (TPSA) is 68.2 Å². The zero-order valence-corrected chi connectivity index (χ0v) is 9.05. The van der Waals surface area contributed by atoms with Crippen LogP contribution in [0.3, 0.4) is 0 Å². The van der Waals surface area contributed by atoms with Gasteiger partial charge in [-0.25, -0.2) is 0 Å². The van der Waals surface area contributed by atoms with Gasteiger partial charge in [-0.15, -0.1) is 0 Å². The van der Waals surface area contributed by atoms with Gasteiger partial charge < -0.3 is 15.4 Å². The van der Waals surface area contributed by atoms with Crippen LogP contribution in [-0.4, -0.2) is 21.7 Å². The quantitative estimate of drug-likeness (QED) is 0.811. The minimum atomic E-state index is -0.966. The van der Waals surface area contributed by atoms with Crippen LogP contribution in [0.1, 0.15) is 5.56 Å². The Morgan fingerprint density at radius 1 is 1.50 bits per heavy atom. The second kappa shape index (κ2) is 3.98. The molecule has 0 bridgehead atoms. The van der Waals surface area contributed by atoms with Gasteiger partial charge in [0.05, 0.1) is 5.52 Å². The molecular weight excluding hydrogens is 204 g/mol. The fourth-order valence-corrected chi connectivity index (χ4v) is 1.93. The smallest absolute Gasteiger partial charge is 0.320 e. The summed E-state index contributed by atoms with van der Waals surface area (Å²) in [7, 11) is 1.94. The summed E-state index contributed by atoms with van der Waals surface area (Å²) in [4.78, 5) is 10.7. The molecule has 84 valence electrons. The highest BCUT2D eigenvalue weighted by molar-refractivity contribution is 5.84. The van der Waals surface area contributed by atoms with E-state index in [4.69, 9.17) is 10.8 Å². The molecule has 1 atom stereocenters. The number of aromatic nitrogens is 1. The predicted octanol–water partition coefficient (Wildman–Crippen LogP) is 1.13. The maximum atomic E-state index is 10.7. The molecule has 3 N–H and O–H groups in total. The Hall–Kier alpha value is -1.81. The van der Waals surface area contributed by atoms with Crippen molar-refractivity contribution in [2.75, 3.05) is 0 Å². The number of aliphatic carboxylic acids is 1. The number of nitrogens with two attached hydrogens (primary N) is 1. The molecule has 0 spiro atoms. The largest absolute Gasteiger partial charge is 0.480 e. The summed E-state index contributed by atoms with van der Waals surface area (Å²) in [6, 6.07) is 7.01. The molecule has 0 radical (unpaired) electrons. The molecule has 4 nitrogen and oxygen atoms in total. The molecule has 16 heavy (non-hydrogen) atoms. The van der Waals surface area contributed by atoms with Gasteiger partial charge in [-0.2, -0.15) is 0 Å². The summed E-state index contributed by atoms with van der Waals surface area (Å²) in [6.45, 7) is 0. The highest BCUT2D eigenvalue weighted by Crippen LogP contribution is 2.20. The van der Waals surface area contributed by atoms with Crippen molar-refractivity contribution < 1.29 is 9.90 Å². The molecule has 0 aliphatic rings. The van der Waals surface area contributed by atoms with E-state index in [9.17, 15) is 4.79 Å². The van der Waals surface area contributed by atoms with Crippen LogP contribution in [0.25, 0.3) is 10.9 Å². The van der Waals surface area contributed by atoms with Gasteiger partial charge in [-0.3, -0.25) is 4.79 Å². The van der Waals surface area contributed by atoms with Gasteiger partial charge >= 0.3 is 5.97 Å². The highest BCUT2D eigenvalue weighted by atomic mass is 16.4. The number of para-hydroxylation sites is 1. The van der Waals surface area contributed by atoms with Crippen LogP contribution in [0.5, 0.6) is 0 Å². The summed E-state index contributed by atoms with van der Waals surface area (Å²) >= 11 is 0. The molecule has 4 heteroatoms. The average Bonchev–Trinajstić information content (AvgIpc) is 2.61. The molecule has 1 aromatic heterocycles. The van der Waals surface area contributed by atoms with E-state index in [1.165, 1.54) is 0 Å². The zero-order valence-electron chi connectivity index (χ0n) is 9.05. The summed E-state index contributed by atoms with van der Waals surface area (Å²) in [5.74, 6) is -0.966. The third kappa shape index (κ3) is 1.79. The van der Waals surface area contributed by atoms with Crippen LogP contribution in [0.15, 0.2) is 30.5 Å². The van der Waals surface area contributed by atoms with Crippen molar-refractivity contribution in [3.05, 3.63) is 36.0 Å². The van der Waals surface area contributed by atoms with Crippen LogP contribution < -0.4 is 5.73 Å². The third-order valence-corrected chi connectivity index (χ3v) is 2.74. The Labute approximate surface area is 93.3 Å². The zero-order chi connectivity index (χ0) is 11.7. The maximum absolute atomic E-state index is 10.7. The molecule has 0 unspecified atom stereocenters. The first-order chi connectivity index (χ1) is 7.59. The van der Waals surface area contributed by atoms with Gasteiger partial charge in [-0.05, 0) is 17.0 Å². The van der Waals surface area contributed by atoms with Crippen molar-refractivity contribution in [1.29, 1.82) is 0 Å². The van der Waals surface area contributed by atoms with E-state index in [1.54, 1.807) is 0 Å². The number of nitrogens with zero attached hydrogens (tertiary/aromatic N) is 1. The van der Waals surface area contributed by atoms with Gasteiger partial charge in [0.15, 0.2) is 0 Å². The lowest BCUT2D eigenvalue weighted by Gasteiger charge is -2.09. The van der Waals surface area contributed by atoms with Gasteiger partial charge in [0.1, 0.15) is 6.04 Å². The van der Waals surface area contributed by atoms with E-state index in [1.807, 2.05) is 42.1 Å². The first-order valence-corrected chi connectivity index (χ1v) is 5.11. The summed E-state index contributed by atoms with van der Waals surface area (Å²) in [6.07, 6.45) is 2.31. The molecule has 0 saturated carbocycles. The third-order valence-electron chi connectivity index (χ3n) is 2.74. The molecule has 0 fully saturated rings.